The van der Waals surface area contributed by atoms with Gasteiger partial charge in [0.25, 0.3) is 0 Å². The Hall–Kier alpha value is -3.49. The third-order valence-corrected chi connectivity index (χ3v) is 8.64. The molecule has 1 amide bonds. The first-order valence-corrected chi connectivity index (χ1v) is 12.9. The Morgan fingerprint density at radius 1 is 1.03 bits per heavy atom. The first-order chi connectivity index (χ1) is 16.9. The molecule has 1 atom stereocenters. The Morgan fingerprint density at radius 3 is 2.37 bits per heavy atom. The summed E-state index contributed by atoms with van der Waals surface area (Å²) in [5.74, 6) is -0.737. The van der Waals surface area contributed by atoms with Gasteiger partial charge in [-0.15, -0.1) is 11.3 Å². The van der Waals surface area contributed by atoms with Gasteiger partial charge >= 0.3 is 12.1 Å². The van der Waals surface area contributed by atoms with Crippen molar-refractivity contribution in [1.29, 1.82) is 0 Å². The molecule has 0 spiro atoms. The molecule has 2 N–H and O–H groups in total. The average molecular weight is 505 g/mol. The van der Waals surface area contributed by atoms with E-state index in [9.17, 15) is 14.7 Å². The summed E-state index contributed by atoms with van der Waals surface area (Å²) in [6.45, 7) is 3.69. The lowest BCUT2D eigenvalue weighted by molar-refractivity contribution is -0.139. The second-order valence-corrected chi connectivity index (χ2v) is 10.5. The zero-order valence-corrected chi connectivity index (χ0v) is 20.9. The summed E-state index contributed by atoms with van der Waals surface area (Å²) < 4.78 is 10.0. The number of carbonyl (C=O) groups is 2. The number of aryl methyl sites for hydroxylation is 1. The maximum Gasteiger partial charge on any atom is 0.412 e. The summed E-state index contributed by atoms with van der Waals surface area (Å²) in [4.78, 5) is 27.1. The van der Waals surface area contributed by atoms with E-state index in [0.717, 1.165) is 37.0 Å². The van der Waals surface area contributed by atoms with E-state index in [1.54, 1.807) is 11.3 Å². The molecule has 4 aromatic rings. The number of amides is 1. The van der Waals surface area contributed by atoms with Gasteiger partial charge in [0.05, 0.1) is 16.3 Å². The van der Waals surface area contributed by atoms with Crippen LogP contribution >= 0.6 is 22.9 Å². The SMILES string of the molecule is Cc1nsc(-c2ccc(-c3ccc(C4(C(=O)O)CC4)s3)cc2)c1NC(=O)OC(C)c1ccccc1. The van der Waals surface area contributed by atoms with Crippen molar-refractivity contribution in [2.75, 3.05) is 5.32 Å². The molecule has 1 fully saturated rings. The van der Waals surface area contributed by atoms with Gasteiger partial charge in [-0.3, -0.25) is 10.1 Å². The number of aliphatic carboxylic acids is 1. The van der Waals surface area contributed by atoms with E-state index in [1.807, 2.05) is 80.6 Å². The lowest BCUT2D eigenvalue weighted by atomic mass is 10.1. The minimum atomic E-state index is -0.737. The smallest absolute Gasteiger partial charge is 0.412 e. The number of carboxylic acids is 1. The molecule has 2 aromatic carbocycles. The molecular weight excluding hydrogens is 480 g/mol. The predicted molar refractivity (Wildman–Crippen MR) is 139 cm³/mol. The minimum Gasteiger partial charge on any atom is -0.481 e. The van der Waals surface area contributed by atoms with Gasteiger partial charge in [0.15, 0.2) is 0 Å². The van der Waals surface area contributed by atoms with Crippen LogP contribution < -0.4 is 5.32 Å². The maximum absolute atomic E-state index is 12.6. The fourth-order valence-electron chi connectivity index (χ4n) is 4.02. The predicted octanol–water partition coefficient (Wildman–Crippen LogP) is 7.27. The van der Waals surface area contributed by atoms with E-state index in [2.05, 4.69) is 9.69 Å². The van der Waals surface area contributed by atoms with Gasteiger partial charge in [-0.25, -0.2) is 4.79 Å². The Bertz CT molecular complexity index is 1370. The van der Waals surface area contributed by atoms with E-state index in [-0.39, 0.29) is 6.10 Å². The molecule has 1 aliphatic rings. The number of rotatable bonds is 7. The van der Waals surface area contributed by atoms with E-state index in [1.165, 1.54) is 11.5 Å². The largest absolute Gasteiger partial charge is 0.481 e. The Morgan fingerprint density at radius 2 is 1.71 bits per heavy atom. The maximum atomic E-state index is 12.6. The molecule has 0 saturated heterocycles. The molecule has 35 heavy (non-hydrogen) atoms. The van der Waals surface area contributed by atoms with Gasteiger partial charge in [-0.1, -0.05) is 54.6 Å². The highest BCUT2D eigenvalue weighted by Crippen LogP contribution is 2.51. The first-order valence-electron chi connectivity index (χ1n) is 11.3. The number of carbonyl (C=O) groups excluding carboxylic acids is 1. The summed E-state index contributed by atoms with van der Waals surface area (Å²) in [6.07, 6.45) is 0.501. The normalized spacial score (nSPS) is 14.8. The quantitative estimate of drug-likeness (QED) is 0.276. The van der Waals surface area contributed by atoms with Gasteiger partial charge in [0.1, 0.15) is 11.5 Å². The summed E-state index contributed by atoms with van der Waals surface area (Å²) in [6, 6.07) is 21.5. The van der Waals surface area contributed by atoms with Crippen molar-refractivity contribution in [1.82, 2.24) is 4.37 Å². The van der Waals surface area contributed by atoms with Crippen LogP contribution in [0, 0.1) is 6.92 Å². The van der Waals surface area contributed by atoms with Crippen LogP contribution in [0.15, 0.2) is 66.7 Å². The van der Waals surface area contributed by atoms with Crippen LogP contribution in [0.3, 0.4) is 0 Å². The van der Waals surface area contributed by atoms with Crippen LogP contribution in [0.4, 0.5) is 10.5 Å². The van der Waals surface area contributed by atoms with Crippen molar-refractivity contribution < 1.29 is 19.4 Å². The van der Waals surface area contributed by atoms with Crippen molar-refractivity contribution in [3.8, 4) is 20.9 Å². The van der Waals surface area contributed by atoms with Crippen LogP contribution in [0.1, 0.15) is 42.0 Å². The van der Waals surface area contributed by atoms with Gasteiger partial charge in [-0.05, 0) is 67.0 Å². The van der Waals surface area contributed by atoms with Gasteiger partial charge in [0, 0.05) is 9.75 Å². The highest BCUT2D eigenvalue weighted by atomic mass is 32.1. The van der Waals surface area contributed by atoms with Crippen molar-refractivity contribution >= 4 is 40.6 Å². The van der Waals surface area contributed by atoms with Crippen molar-refractivity contribution in [2.24, 2.45) is 0 Å². The molecule has 5 rings (SSSR count). The molecule has 1 saturated carbocycles. The molecule has 6 nitrogen and oxygen atoms in total. The number of aromatic nitrogens is 1. The number of thiophene rings is 1. The zero-order valence-electron chi connectivity index (χ0n) is 19.3. The summed E-state index contributed by atoms with van der Waals surface area (Å²) in [5.41, 5.74) is 3.57. The molecule has 8 heteroatoms. The lowest BCUT2D eigenvalue weighted by Gasteiger charge is -2.14. The molecule has 1 unspecified atom stereocenters. The molecule has 178 valence electrons. The number of carboxylic acid groups (broad SMARTS) is 1. The number of hydrogen-bond donors (Lipinski definition) is 2. The number of nitrogens with one attached hydrogen (secondary N) is 1. The number of benzene rings is 2. The Balaban J connectivity index is 1.31. The first kappa shape index (κ1) is 23.3. The van der Waals surface area contributed by atoms with E-state index < -0.39 is 17.5 Å². The monoisotopic (exact) mass is 504 g/mol. The minimum absolute atomic E-state index is 0.377. The highest BCUT2D eigenvalue weighted by molar-refractivity contribution is 7.15. The fourth-order valence-corrected chi connectivity index (χ4v) is 6.13. The summed E-state index contributed by atoms with van der Waals surface area (Å²) >= 11 is 2.86. The van der Waals surface area contributed by atoms with E-state index >= 15 is 0 Å². The van der Waals surface area contributed by atoms with Gasteiger partial charge in [0.2, 0.25) is 0 Å². The molecule has 2 heterocycles. The standard InChI is InChI=1S/C27H24N2O4S2/c1-16-23(28-26(32)33-17(2)18-6-4-3-5-7-18)24(35-29-16)20-10-8-19(9-11-20)21-12-13-22(34-21)27(14-15-27)25(30)31/h3-13,17H,14-15H2,1-2H3,(H,28,32)(H,30,31). The third kappa shape index (κ3) is 4.59. The molecule has 2 aromatic heterocycles. The second kappa shape index (κ2) is 9.28. The van der Waals surface area contributed by atoms with Crippen LogP contribution in [-0.4, -0.2) is 21.5 Å². The average Bonchev–Trinajstić information content (AvgIpc) is 3.40. The third-order valence-electron chi connectivity index (χ3n) is 6.31. The van der Waals surface area contributed by atoms with Crippen LogP contribution in [-0.2, 0) is 14.9 Å². The summed E-state index contributed by atoms with van der Waals surface area (Å²) in [7, 11) is 0. The Kier molecular flexibility index (Phi) is 6.17. The fraction of sp³-hybridized carbons (Fsp3) is 0.222. The van der Waals surface area contributed by atoms with Crippen LogP contribution in [0.5, 0.6) is 0 Å². The number of hydrogen-bond acceptors (Lipinski definition) is 6. The van der Waals surface area contributed by atoms with Crippen molar-refractivity contribution in [3.63, 3.8) is 0 Å². The molecular formula is C27H24N2O4S2. The molecule has 0 bridgehead atoms. The molecule has 1 aliphatic carbocycles. The van der Waals surface area contributed by atoms with Gasteiger partial charge in [-0.2, -0.15) is 4.37 Å². The van der Waals surface area contributed by atoms with E-state index in [4.69, 9.17) is 4.74 Å². The van der Waals surface area contributed by atoms with Crippen molar-refractivity contribution in [3.05, 3.63) is 82.9 Å². The van der Waals surface area contributed by atoms with Crippen LogP contribution in [0.2, 0.25) is 0 Å². The lowest BCUT2D eigenvalue weighted by Crippen LogP contribution is -2.17. The van der Waals surface area contributed by atoms with Crippen LogP contribution in [0.25, 0.3) is 20.9 Å². The van der Waals surface area contributed by atoms with E-state index in [0.29, 0.717) is 18.5 Å². The van der Waals surface area contributed by atoms with Gasteiger partial charge < -0.3 is 9.84 Å². The Labute approximate surface area is 211 Å². The number of anilines is 1. The highest BCUT2D eigenvalue weighted by Gasteiger charge is 2.52. The number of ether oxygens (including phenoxy) is 1. The molecule has 0 radical (unpaired) electrons. The second-order valence-electron chi connectivity index (χ2n) is 8.68. The molecule has 0 aliphatic heterocycles. The number of nitrogens with zero attached hydrogens (tertiary/aromatic N) is 1. The van der Waals surface area contributed by atoms with Crippen molar-refractivity contribution in [2.45, 2.75) is 38.2 Å². The topological polar surface area (TPSA) is 88.5 Å². The summed E-state index contributed by atoms with van der Waals surface area (Å²) in [5, 5.41) is 12.4. The zero-order chi connectivity index (χ0) is 24.6.